The Labute approximate surface area is 126 Å². The number of hydrogen-bond acceptors (Lipinski definition) is 5. The van der Waals surface area contributed by atoms with Gasteiger partial charge < -0.3 is 9.84 Å². The van der Waals surface area contributed by atoms with Crippen LogP contribution in [0.5, 0.6) is 0 Å². The van der Waals surface area contributed by atoms with Crippen molar-refractivity contribution in [2.45, 2.75) is 44.1 Å². The molecule has 2 fully saturated rings. The number of likely N-dealkylation sites (tertiary alicyclic amines) is 1. The molecule has 1 atom stereocenters. The number of nitrogens with zero attached hydrogens (tertiary/aromatic N) is 3. The average Bonchev–Trinajstić information content (AvgIpc) is 2.48. The van der Waals surface area contributed by atoms with E-state index in [9.17, 15) is 5.11 Å². The molecule has 1 aromatic heterocycles. The molecule has 0 aromatic carbocycles. The summed E-state index contributed by atoms with van der Waals surface area (Å²) in [6, 6.07) is 2.03. The van der Waals surface area contributed by atoms with Crippen molar-refractivity contribution in [1.82, 2.24) is 14.9 Å². The van der Waals surface area contributed by atoms with E-state index in [1.165, 1.54) is 12.8 Å². The molecule has 0 radical (unpaired) electrons. The zero-order chi connectivity index (χ0) is 14.7. The van der Waals surface area contributed by atoms with E-state index in [-0.39, 0.29) is 0 Å². The molecule has 2 aliphatic rings. The fourth-order valence-corrected chi connectivity index (χ4v) is 3.47. The van der Waals surface area contributed by atoms with Crippen LogP contribution in [0.2, 0.25) is 0 Å². The molecule has 2 aliphatic heterocycles. The van der Waals surface area contributed by atoms with E-state index in [0.717, 1.165) is 44.0 Å². The summed E-state index contributed by atoms with van der Waals surface area (Å²) in [5.41, 5.74) is 0.577. The van der Waals surface area contributed by atoms with Crippen molar-refractivity contribution in [3.05, 3.63) is 23.8 Å². The van der Waals surface area contributed by atoms with Crippen molar-refractivity contribution in [2.75, 3.05) is 32.8 Å². The molecular formula is C16H25N3O2. The van der Waals surface area contributed by atoms with Gasteiger partial charge in [-0.1, -0.05) is 0 Å². The molecule has 0 aliphatic carbocycles. The molecular weight excluding hydrogens is 266 g/mol. The van der Waals surface area contributed by atoms with E-state index < -0.39 is 5.60 Å². The van der Waals surface area contributed by atoms with Gasteiger partial charge in [-0.2, -0.15) is 0 Å². The molecule has 5 nitrogen and oxygen atoms in total. The molecule has 3 rings (SSSR count). The average molecular weight is 291 g/mol. The van der Waals surface area contributed by atoms with Crippen LogP contribution in [0.4, 0.5) is 0 Å². The lowest BCUT2D eigenvalue weighted by Gasteiger charge is -2.40. The van der Waals surface area contributed by atoms with Gasteiger partial charge in [0.2, 0.25) is 0 Å². The lowest BCUT2D eigenvalue weighted by Crippen LogP contribution is -2.49. The number of hydrogen-bond donors (Lipinski definition) is 1. The zero-order valence-corrected chi connectivity index (χ0v) is 12.8. The van der Waals surface area contributed by atoms with Crippen LogP contribution in [0.15, 0.2) is 12.3 Å². The van der Waals surface area contributed by atoms with Crippen molar-refractivity contribution in [2.24, 2.45) is 0 Å². The molecule has 1 N–H and O–H groups in total. The summed E-state index contributed by atoms with van der Waals surface area (Å²) in [6.45, 7) is 6.12. The highest BCUT2D eigenvalue weighted by Gasteiger charge is 2.34. The summed E-state index contributed by atoms with van der Waals surface area (Å²) < 4.78 is 5.36. The van der Waals surface area contributed by atoms with Gasteiger partial charge >= 0.3 is 0 Å². The van der Waals surface area contributed by atoms with Crippen LogP contribution >= 0.6 is 0 Å². The van der Waals surface area contributed by atoms with E-state index >= 15 is 0 Å². The Morgan fingerprint density at radius 1 is 1.43 bits per heavy atom. The fraction of sp³-hybridized carbons (Fsp3) is 0.750. The number of ether oxygens (including phenoxy) is 1. The molecule has 0 saturated carbocycles. The first kappa shape index (κ1) is 14.9. The Balaban J connectivity index is 1.63. The minimum Gasteiger partial charge on any atom is -0.388 e. The van der Waals surface area contributed by atoms with Crippen molar-refractivity contribution in [3.8, 4) is 0 Å². The third-order valence-corrected chi connectivity index (χ3v) is 4.66. The number of aliphatic hydroxyl groups is 1. The maximum Gasteiger partial charge on any atom is 0.125 e. The predicted octanol–water partition coefficient (Wildman–Crippen LogP) is 1.51. The van der Waals surface area contributed by atoms with Crippen molar-refractivity contribution >= 4 is 0 Å². The van der Waals surface area contributed by atoms with E-state index in [2.05, 4.69) is 14.9 Å². The minimum atomic E-state index is -0.568. The Bertz CT molecular complexity index is 474. The van der Waals surface area contributed by atoms with E-state index in [4.69, 9.17) is 4.74 Å². The Hall–Kier alpha value is -1.04. The smallest absolute Gasteiger partial charge is 0.125 e. The minimum absolute atomic E-state index is 0.462. The first-order valence-electron chi connectivity index (χ1n) is 7.97. The second-order valence-electron chi connectivity index (χ2n) is 6.44. The van der Waals surface area contributed by atoms with E-state index in [1.807, 2.05) is 19.2 Å². The molecule has 5 heteroatoms. The SMILES string of the molecule is Cc1nccc([C@@H]2CCCN(CC3(O)CCOCC3)C2)n1. The van der Waals surface area contributed by atoms with Crippen molar-refractivity contribution < 1.29 is 9.84 Å². The number of piperidine rings is 1. The second-order valence-corrected chi connectivity index (χ2v) is 6.44. The topological polar surface area (TPSA) is 58.5 Å². The maximum absolute atomic E-state index is 10.7. The van der Waals surface area contributed by atoms with Gasteiger partial charge in [0.05, 0.1) is 5.60 Å². The third kappa shape index (κ3) is 3.78. The lowest BCUT2D eigenvalue weighted by atomic mass is 9.90. The highest BCUT2D eigenvalue weighted by Crippen LogP contribution is 2.28. The molecule has 0 amide bonds. The Morgan fingerprint density at radius 2 is 2.24 bits per heavy atom. The summed E-state index contributed by atoms with van der Waals surface area (Å²) in [4.78, 5) is 11.2. The van der Waals surface area contributed by atoms with Gasteiger partial charge in [-0.3, -0.25) is 4.90 Å². The van der Waals surface area contributed by atoms with Gasteiger partial charge in [0.1, 0.15) is 5.82 Å². The summed E-state index contributed by atoms with van der Waals surface area (Å²) in [5, 5.41) is 10.7. The van der Waals surface area contributed by atoms with Crippen LogP contribution in [0.1, 0.15) is 43.1 Å². The molecule has 2 saturated heterocycles. The Morgan fingerprint density at radius 3 is 3.00 bits per heavy atom. The summed E-state index contributed by atoms with van der Waals surface area (Å²) >= 11 is 0. The van der Waals surface area contributed by atoms with Crippen molar-refractivity contribution in [1.29, 1.82) is 0 Å². The lowest BCUT2D eigenvalue weighted by molar-refractivity contribution is -0.0824. The quantitative estimate of drug-likeness (QED) is 0.914. The number of aromatic nitrogens is 2. The third-order valence-electron chi connectivity index (χ3n) is 4.66. The monoisotopic (exact) mass is 291 g/mol. The molecule has 116 valence electrons. The molecule has 0 bridgehead atoms. The van der Waals surface area contributed by atoms with Gasteiger partial charge in [-0.25, -0.2) is 9.97 Å². The van der Waals surface area contributed by atoms with Crippen LogP contribution in [0.3, 0.4) is 0 Å². The summed E-state index contributed by atoms with van der Waals surface area (Å²) in [6.07, 6.45) is 5.69. The molecule has 0 spiro atoms. The van der Waals surface area contributed by atoms with Gasteiger partial charge in [0.15, 0.2) is 0 Å². The Kier molecular flexibility index (Phi) is 4.52. The van der Waals surface area contributed by atoms with Crippen LogP contribution < -0.4 is 0 Å². The van der Waals surface area contributed by atoms with Crippen molar-refractivity contribution in [3.63, 3.8) is 0 Å². The first-order valence-corrected chi connectivity index (χ1v) is 7.97. The van der Waals surface area contributed by atoms with Gasteiger partial charge in [0, 0.05) is 57.0 Å². The van der Waals surface area contributed by atoms with Gasteiger partial charge in [0.25, 0.3) is 0 Å². The highest BCUT2D eigenvalue weighted by atomic mass is 16.5. The van der Waals surface area contributed by atoms with E-state index in [1.54, 1.807) is 0 Å². The highest BCUT2D eigenvalue weighted by molar-refractivity contribution is 5.10. The summed E-state index contributed by atoms with van der Waals surface area (Å²) in [5.74, 6) is 1.30. The number of aryl methyl sites for hydroxylation is 1. The number of β-amino-alcohol motifs (C(OH)–C–C–N with tert-alkyl or cyclic N) is 1. The molecule has 0 unspecified atom stereocenters. The first-order chi connectivity index (χ1) is 10.1. The van der Waals surface area contributed by atoms with Gasteiger partial charge in [-0.15, -0.1) is 0 Å². The second kappa shape index (κ2) is 6.38. The fourth-order valence-electron chi connectivity index (χ4n) is 3.47. The largest absolute Gasteiger partial charge is 0.388 e. The van der Waals surface area contributed by atoms with Crippen LogP contribution in [0, 0.1) is 6.92 Å². The zero-order valence-electron chi connectivity index (χ0n) is 12.8. The molecule has 1 aromatic rings. The van der Waals surface area contributed by atoms with Crippen LogP contribution in [0.25, 0.3) is 0 Å². The maximum atomic E-state index is 10.7. The standard InChI is InChI=1S/C16H25N3O2/c1-13-17-7-4-15(18-13)14-3-2-8-19(11-14)12-16(20)5-9-21-10-6-16/h4,7,14,20H,2-3,5-6,8-12H2,1H3/t14-/m1/s1. The molecule has 3 heterocycles. The number of rotatable bonds is 3. The van der Waals surface area contributed by atoms with Crippen LogP contribution in [-0.4, -0.2) is 58.4 Å². The predicted molar refractivity (Wildman–Crippen MR) is 80.2 cm³/mol. The van der Waals surface area contributed by atoms with Gasteiger partial charge in [-0.05, 0) is 32.4 Å². The van der Waals surface area contributed by atoms with Crippen LogP contribution in [-0.2, 0) is 4.74 Å². The molecule has 21 heavy (non-hydrogen) atoms. The summed E-state index contributed by atoms with van der Waals surface area (Å²) in [7, 11) is 0. The normalized spacial score (nSPS) is 26.7. The van der Waals surface area contributed by atoms with E-state index in [0.29, 0.717) is 19.1 Å².